The van der Waals surface area contributed by atoms with Crippen molar-refractivity contribution in [2.45, 2.75) is 43.9 Å². The minimum Gasteiger partial charge on any atom is -0.460 e. The number of carbonyl (C=O) groups is 1. The van der Waals surface area contributed by atoms with Crippen LogP contribution in [0.4, 0.5) is 0 Å². The molecule has 118 valence electrons. The molecule has 1 fully saturated rings. The monoisotopic (exact) mass is 316 g/mol. The van der Waals surface area contributed by atoms with Crippen molar-refractivity contribution in [3.63, 3.8) is 0 Å². The SMILES string of the molecule is CCOC(=O)c1ccc(S(=O)(=O)NC2CCNC(C)C2)o1. The lowest BCUT2D eigenvalue weighted by Crippen LogP contribution is -2.46. The molecule has 0 amide bonds. The van der Waals surface area contributed by atoms with Crippen LogP contribution in [0.25, 0.3) is 0 Å². The van der Waals surface area contributed by atoms with Gasteiger partial charge in [-0.3, -0.25) is 0 Å². The van der Waals surface area contributed by atoms with Gasteiger partial charge in [0, 0.05) is 12.1 Å². The first-order valence-corrected chi connectivity index (χ1v) is 8.43. The van der Waals surface area contributed by atoms with Crippen LogP contribution in [0.2, 0.25) is 0 Å². The van der Waals surface area contributed by atoms with Gasteiger partial charge in [0.1, 0.15) is 0 Å². The Morgan fingerprint density at radius 2 is 2.29 bits per heavy atom. The molecule has 2 N–H and O–H groups in total. The van der Waals surface area contributed by atoms with Crippen LogP contribution in [0.5, 0.6) is 0 Å². The summed E-state index contributed by atoms with van der Waals surface area (Å²) in [5.41, 5.74) is 0. The molecule has 0 aliphatic carbocycles. The summed E-state index contributed by atoms with van der Waals surface area (Å²) < 4.78 is 36.9. The predicted octanol–water partition coefficient (Wildman–Crippen LogP) is 0.875. The minimum absolute atomic E-state index is 0.115. The lowest BCUT2D eigenvalue weighted by Gasteiger charge is -2.28. The number of furan rings is 1. The first-order chi connectivity index (χ1) is 9.92. The van der Waals surface area contributed by atoms with Crippen LogP contribution < -0.4 is 10.0 Å². The standard InChI is InChI=1S/C13H20N2O5S/c1-3-19-13(16)11-4-5-12(20-11)21(17,18)15-10-6-7-14-9(2)8-10/h4-5,9-10,14-15H,3,6-8H2,1-2H3. The molecule has 21 heavy (non-hydrogen) atoms. The van der Waals surface area contributed by atoms with Gasteiger partial charge in [-0.25, -0.2) is 17.9 Å². The van der Waals surface area contributed by atoms with E-state index in [0.717, 1.165) is 13.0 Å². The largest absolute Gasteiger partial charge is 0.460 e. The summed E-state index contributed by atoms with van der Waals surface area (Å²) in [5.74, 6) is -0.787. The highest BCUT2D eigenvalue weighted by Crippen LogP contribution is 2.17. The van der Waals surface area contributed by atoms with Crippen molar-refractivity contribution in [2.24, 2.45) is 0 Å². The summed E-state index contributed by atoms with van der Waals surface area (Å²) in [4.78, 5) is 11.5. The average molecular weight is 316 g/mol. The average Bonchev–Trinajstić information content (AvgIpc) is 2.89. The maximum Gasteiger partial charge on any atom is 0.374 e. The number of carbonyl (C=O) groups excluding carboxylic acids is 1. The molecule has 2 rings (SSSR count). The Hall–Kier alpha value is -1.38. The topological polar surface area (TPSA) is 97.6 Å². The van der Waals surface area contributed by atoms with Crippen LogP contribution in [-0.2, 0) is 14.8 Å². The summed E-state index contributed by atoms with van der Waals surface area (Å²) in [5, 5.41) is 2.98. The molecule has 2 atom stereocenters. The van der Waals surface area contributed by atoms with Gasteiger partial charge in [0.2, 0.25) is 10.9 Å². The van der Waals surface area contributed by atoms with E-state index < -0.39 is 16.0 Å². The van der Waals surface area contributed by atoms with Crippen molar-refractivity contribution in [1.29, 1.82) is 0 Å². The minimum atomic E-state index is -3.76. The molecule has 0 bridgehead atoms. The quantitative estimate of drug-likeness (QED) is 0.783. The second-order valence-electron chi connectivity index (χ2n) is 5.04. The van der Waals surface area contributed by atoms with E-state index in [0.29, 0.717) is 6.42 Å². The van der Waals surface area contributed by atoms with Gasteiger partial charge < -0.3 is 14.5 Å². The van der Waals surface area contributed by atoms with Gasteiger partial charge in [0.15, 0.2) is 0 Å². The van der Waals surface area contributed by atoms with Crippen molar-refractivity contribution >= 4 is 16.0 Å². The molecule has 2 heterocycles. The summed E-state index contributed by atoms with van der Waals surface area (Å²) >= 11 is 0. The van der Waals surface area contributed by atoms with Crippen LogP contribution in [0, 0.1) is 0 Å². The van der Waals surface area contributed by atoms with E-state index in [4.69, 9.17) is 9.15 Å². The number of rotatable bonds is 5. The van der Waals surface area contributed by atoms with Gasteiger partial charge in [-0.2, -0.15) is 0 Å². The lowest BCUT2D eigenvalue weighted by molar-refractivity contribution is 0.0484. The van der Waals surface area contributed by atoms with E-state index in [1.54, 1.807) is 6.92 Å². The van der Waals surface area contributed by atoms with Crippen molar-refractivity contribution < 1.29 is 22.4 Å². The number of hydrogen-bond donors (Lipinski definition) is 2. The maximum absolute atomic E-state index is 12.2. The summed E-state index contributed by atoms with van der Waals surface area (Å²) in [7, 11) is -3.76. The fourth-order valence-electron chi connectivity index (χ4n) is 2.29. The molecule has 1 aromatic rings. The first-order valence-electron chi connectivity index (χ1n) is 6.95. The number of sulfonamides is 1. The third-order valence-electron chi connectivity index (χ3n) is 3.27. The number of ether oxygens (including phenoxy) is 1. The normalized spacial score (nSPS) is 23.0. The fourth-order valence-corrected chi connectivity index (χ4v) is 3.51. The first kappa shape index (κ1) is 16.0. The van der Waals surface area contributed by atoms with Crippen LogP contribution in [0.1, 0.15) is 37.2 Å². The number of esters is 1. The van der Waals surface area contributed by atoms with Gasteiger partial charge in [0.05, 0.1) is 6.61 Å². The molecule has 0 radical (unpaired) electrons. The summed E-state index contributed by atoms with van der Waals surface area (Å²) in [6.45, 7) is 4.64. The van der Waals surface area contributed by atoms with Crippen LogP contribution in [0.15, 0.2) is 21.6 Å². The Morgan fingerprint density at radius 3 is 2.95 bits per heavy atom. The third kappa shape index (κ3) is 4.05. The van der Waals surface area contributed by atoms with E-state index >= 15 is 0 Å². The van der Waals surface area contributed by atoms with Gasteiger partial charge >= 0.3 is 5.97 Å². The zero-order valence-electron chi connectivity index (χ0n) is 12.1. The van der Waals surface area contributed by atoms with E-state index in [1.165, 1.54) is 12.1 Å². The zero-order chi connectivity index (χ0) is 15.5. The molecule has 2 unspecified atom stereocenters. The second kappa shape index (κ2) is 6.59. The molecule has 1 saturated heterocycles. The Bertz CT molecular complexity index is 595. The number of piperidine rings is 1. The van der Waals surface area contributed by atoms with Crippen molar-refractivity contribution in [3.8, 4) is 0 Å². The molecule has 1 aliphatic rings. The highest BCUT2D eigenvalue weighted by molar-refractivity contribution is 7.89. The van der Waals surface area contributed by atoms with Crippen LogP contribution >= 0.6 is 0 Å². The van der Waals surface area contributed by atoms with Crippen LogP contribution in [-0.4, -0.2) is 39.6 Å². The molecule has 1 aromatic heterocycles. The van der Waals surface area contributed by atoms with Gasteiger partial charge in [-0.05, 0) is 45.4 Å². The number of hydrogen-bond acceptors (Lipinski definition) is 6. The Morgan fingerprint density at radius 1 is 1.52 bits per heavy atom. The zero-order valence-corrected chi connectivity index (χ0v) is 12.9. The molecule has 0 saturated carbocycles. The second-order valence-corrected chi connectivity index (χ2v) is 6.68. The van der Waals surface area contributed by atoms with Gasteiger partial charge in [-0.1, -0.05) is 0 Å². The molecule has 8 heteroatoms. The Labute approximate surface area is 124 Å². The van der Waals surface area contributed by atoms with E-state index in [9.17, 15) is 13.2 Å². The van der Waals surface area contributed by atoms with Crippen LogP contribution in [0.3, 0.4) is 0 Å². The van der Waals surface area contributed by atoms with Crippen molar-refractivity contribution in [3.05, 3.63) is 17.9 Å². The maximum atomic E-state index is 12.2. The summed E-state index contributed by atoms with van der Waals surface area (Å²) in [6.07, 6.45) is 1.43. The highest BCUT2D eigenvalue weighted by Gasteiger charge is 2.27. The predicted molar refractivity (Wildman–Crippen MR) is 75.5 cm³/mol. The highest BCUT2D eigenvalue weighted by atomic mass is 32.2. The molecule has 0 spiro atoms. The van der Waals surface area contributed by atoms with E-state index in [1.807, 2.05) is 6.92 Å². The smallest absolute Gasteiger partial charge is 0.374 e. The molecule has 7 nitrogen and oxygen atoms in total. The summed E-state index contributed by atoms with van der Waals surface area (Å²) in [6, 6.07) is 2.69. The number of nitrogens with one attached hydrogen (secondary N) is 2. The molecular weight excluding hydrogens is 296 g/mol. The molecule has 1 aliphatic heterocycles. The Kier molecular flexibility index (Phi) is 5.02. The third-order valence-corrected chi connectivity index (χ3v) is 4.66. The van der Waals surface area contributed by atoms with E-state index in [-0.39, 0.29) is 29.5 Å². The molecule has 0 aromatic carbocycles. The lowest BCUT2D eigenvalue weighted by atomic mass is 10.0. The van der Waals surface area contributed by atoms with Crippen molar-refractivity contribution in [1.82, 2.24) is 10.0 Å². The molecular formula is C13H20N2O5S. The fraction of sp³-hybridized carbons (Fsp3) is 0.615. The van der Waals surface area contributed by atoms with Crippen molar-refractivity contribution in [2.75, 3.05) is 13.2 Å². The van der Waals surface area contributed by atoms with Gasteiger partial charge in [-0.15, -0.1) is 0 Å². The van der Waals surface area contributed by atoms with Gasteiger partial charge in [0.25, 0.3) is 10.0 Å². The van der Waals surface area contributed by atoms with E-state index in [2.05, 4.69) is 10.0 Å². The Balaban J connectivity index is 2.07.